The van der Waals surface area contributed by atoms with Gasteiger partial charge in [0, 0.05) is 0 Å². The molecular weight excluding hydrogens is 530 g/mol. The number of hydrogen-bond acceptors (Lipinski definition) is 0. The first kappa shape index (κ1) is 31.7. The number of benzene rings is 4. The molecule has 0 aliphatic heterocycles. The molecule has 0 fully saturated rings. The van der Waals surface area contributed by atoms with Crippen LogP contribution >= 0.6 is 15.8 Å². The van der Waals surface area contributed by atoms with Crippen LogP contribution in [0.2, 0.25) is 0 Å². The summed E-state index contributed by atoms with van der Waals surface area (Å²) in [6, 6.07) is 29.1. The fourth-order valence-corrected chi connectivity index (χ4v) is 14.1. The molecule has 41 heavy (non-hydrogen) atoms. The first-order chi connectivity index (χ1) is 19.4. The Kier molecular flexibility index (Phi) is 10.3. The Morgan fingerprint density at radius 3 is 0.756 bits per heavy atom. The zero-order valence-electron chi connectivity index (χ0n) is 27.3. The van der Waals surface area contributed by atoms with E-state index >= 15 is 0 Å². The van der Waals surface area contributed by atoms with Crippen molar-refractivity contribution in [3.63, 3.8) is 0 Å². The first-order valence-electron chi connectivity index (χ1n) is 15.3. The third-order valence-electron chi connectivity index (χ3n) is 8.46. The summed E-state index contributed by atoms with van der Waals surface area (Å²) in [5.74, 6) is 0.593. The lowest BCUT2D eigenvalue weighted by Crippen LogP contribution is -2.35. The van der Waals surface area contributed by atoms with Crippen molar-refractivity contribution in [2.45, 2.75) is 93.9 Å². The minimum absolute atomic E-state index is 0.532. The fourth-order valence-electron chi connectivity index (χ4n) is 7.07. The molecule has 0 amide bonds. The van der Waals surface area contributed by atoms with Crippen LogP contribution in [0.1, 0.15) is 71.7 Å². The standard InChI is InChI=1S/C39H50P2/c1-12-39(33(10)40(35-17-25(2)13-26(3)18-35)36-19-27(4)14-28(5)20-36)34(11)41(37-21-29(6)15-30(7)22-37)38-23-31(8)16-32(9)24-38/h13-24,33-34,39H,12H2,1-11H3. The van der Waals surface area contributed by atoms with E-state index in [1.54, 1.807) is 0 Å². The van der Waals surface area contributed by atoms with Gasteiger partial charge in [-0.1, -0.05) is 144 Å². The Morgan fingerprint density at radius 2 is 0.585 bits per heavy atom. The summed E-state index contributed by atoms with van der Waals surface area (Å²) in [6.07, 6.45) is 1.19. The lowest BCUT2D eigenvalue weighted by molar-refractivity contribution is 0.495. The van der Waals surface area contributed by atoms with E-state index in [9.17, 15) is 0 Å². The molecule has 0 saturated carbocycles. The molecule has 0 saturated heterocycles. The molecule has 2 atom stereocenters. The highest BCUT2D eigenvalue weighted by Crippen LogP contribution is 2.52. The highest BCUT2D eigenvalue weighted by molar-refractivity contribution is 7.74. The molecule has 0 nitrogen and oxygen atoms in total. The van der Waals surface area contributed by atoms with Crippen molar-refractivity contribution in [3.8, 4) is 0 Å². The SMILES string of the molecule is CCC(C(C)P(c1cc(C)cc(C)c1)c1cc(C)cc(C)c1)C(C)P(c1cc(C)cc(C)c1)c1cc(C)cc(C)c1. The molecule has 4 aromatic carbocycles. The zero-order chi connectivity index (χ0) is 30.0. The summed E-state index contributed by atoms with van der Waals surface area (Å²) >= 11 is 0. The Bertz CT molecular complexity index is 1220. The van der Waals surface area contributed by atoms with Gasteiger partial charge in [-0.2, -0.15) is 0 Å². The molecule has 2 unspecified atom stereocenters. The molecule has 0 aliphatic carbocycles. The van der Waals surface area contributed by atoms with E-state index in [0.717, 1.165) is 0 Å². The second-order valence-corrected chi connectivity index (χ2v) is 17.9. The summed E-state index contributed by atoms with van der Waals surface area (Å²) in [5.41, 5.74) is 12.1. The van der Waals surface area contributed by atoms with Crippen LogP contribution in [0.25, 0.3) is 0 Å². The van der Waals surface area contributed by atoms with Crippen LogP contribution in [-0.4, -0.2) is 11.3 Å². The van der Waals surface area contributed by atoms with Gasteiger partial charge in [0.05, 0.1) is 0 Å². The average molecular weight is 581 g/mol. The topological polar surface area (TPSA) is 0 Å². The highest BCUT2D eigenvalue weighted by atomic mass is 31.1. The lowest BCUT2D eigenvalue weighted by atomic mass is 9.99. The van der Waals surface area contributed by atoms with Crippen molar-refractivity contribution in [3.05, 3.63) is 117 Å². The van der Waals surface area contributed by atoms with Gasteiger partial charge in [-0.15, -0.1) is 0 Å². The summed E-state index contributed by atoms with van der Waals surface area (Å²) in [4.78, 5) is 0. The predicted molar refractivity (Wildman–Crippen MR) is 189 cm³/mol. The Labute approximate surface area is 253 Å². The van der Waals surface area contributed by atoms with Gasteiger partial charge < -0.3 is 0 Å². The van der Waals surface area contributed by atoms with E-state index in [-0.39, 0.29) is 0 Å². The van der Waals surface area contributed by atoms with Crippen molar-refractivity contribution < 1.29 is 0 Å². The van der Waals surface area contributed by atoms with Crippen LogP contribution in [0, 0.1) is 61.3 Å². The van der Waals surface area contributed by atoms with Crippen molar-refractivity contribution in [2.75, 3.05) is 0 Å². The van der Waals surface area contributed by atoms with Gasteiger partial charge >= 0.3 is 0 Å². The summed E-state index contributed by atoms with van der Waals surface area (Å²) < 4.78 is 0. The Hall–Kier alpha value is -2.26. The van der Waals surface area contributed by atoms with E-state index in [4.69, 9.17) is 0 Å². The minimum atomic E-state index is -0.532. The Balaban J connectivity index is 1.88. The van der Waals surface area contributed by atoms with Crippen molar-refractivity contribution in [1.82, 2.24) is 0 Å². The minimum Gasteiger partial charge on any atom is -0.0651 e. The molecule has 2 heteroatoms. The van der Waals surface area contributed by atoms with E-state index < -0.39 is 15.8 Å². The van der Waals surface area contributed by atoms with Crippen molar-refractivity contribution in [2.24, 2.45) is 5.92 Å². The Morgan fingerprint density at radius 1 is 0.390 bits per heavy atom. The normalized spacial score (nSPS) is 14.0. The quantitative estimate of drug-likeness (QED) is 0.173. The number of hydrogen-bond donors (Lipinski definition) is 0. The molecule has 0 bridgehead atoms. The molecule has 0 heterocycles. The van der Waals surface area contributed by atoms with Crippen LogP contribution in [0.15, 0.2) is 72.8 Å². The van der Waals surface area contributed by atoms with E-state index in [0.29, 0.717) is 17.2 Å². The zero-order valence-corrected chi connectivity index (χ0v) is 29.1. The van der Waals surface area contributed by atoms with Crippen LogP contribution < -0.4 is 21.2 Å². The second kappa shape index (κ2) is 13.4. The van der Waals surface area contributed by atoms with Crippen LogP contribution in [0.5, 0.6) is 0 Å². The predicted octanol–water partition coefficient (Wildman–Crippen LogP) is 9.52. The molecular formula is C39H50P2. The molecule has 4 aromatic rings. The van der Waals surface area contributed by atoms with Crippen LogP contribution in [-0.2, 0) is 0 Å². The highest BCUT2D eigenvalue weighted by Gasteiger charge is 2.35. The summed E-state index contributed by atoms with van der Waals surface area (Å²) in [6.45, 7) is 25.7. The number of aryl methyl sites for hydroxylation is 8. The van der Waals surface area contributed by atoms with E-state index in [2.05, 4.69) is 149 Å². The van der Waals surface area contributed by atoms with Crippen LogP contribution in [0.4, 0.5) is 0 Å². The van der Waals surface area contributed by atoms with Gasteiger partial charge in [-0.05, 0) is 110 Å². The maximum atomic E-state index is 2.57. The van der Waals surface area contributed by atoms with Gasteiger partial charge in [0.25, 0.3) is 0 Å². The monoisotopic (exact) mass is 580 g/mol. The third-order valence-corrected chi connectivity index (χ3v) is 14.1. The maximum absolute atomic E-state index is 2.57. The van der Waals surface area contributed by atoms with Crippen molar-refractivity contribution >= 4 is 37.1 Å². The summed E-state index contributed by atoms with van der Waals surface area (Å²) in [5, 5.41) is 6.12. The van der Waals surface area contributed by atoms with Gasteiger partial charge in [0.15, 0.2) is 0 Å². The molecule has 0 radical (unpaired) electrons. The van der Waals surface area contributed by atoms with Crippen LogP contribution in [0.3, 0.4) is 0 Å². The van der Waals surface area contributed by atoms with Gasteiger partial charge in [0.1, 0.15) is 0 Å². The largest absolute Gasteiger partial charge is 0.0651 e. The fraction of sp³-hybridized carbons (Fsp3) is 0.385. The van der Waals surface area contributed by atoms with Gasteiger partial charge in [-0.25, -0.2) is 0 Å². The van der Waals surface area contributed by atoms with Gasteiger partial charge in [-0.3, -0.25) is 0 Å². The smallest absolute Gasteiger partial charge is 0.0123 e. The third kappa shape index (κ3) is 7.58. The molecule has 216 valence electrons. The molecule has 0 N–H and O–H groups in total. The molecule has 0 aliphatic rings. The first-order valence-corrected chi connectivity index (χ1v) is 18.1. The number of rotatable bonds is 9. The second-order valence-electron chi connectivity index (χ2n) is 12.7. The molecule has 0 aromatic heterocycles. The van der Waals surface area contributed by atoms with Gasteiger partial charge in [0.2, 0.25) is 0 Å². The van der Waals surface area contributed by atoms with E-state index in [1.165, 1.54) is 72.1 Å². The lowest BCUT2D eigenvalue weighted by Gasteiger charge is -2.39. The average Bonchev–Trinajstić information content (AvgIpc) is 2.82. The van der Waals surface area contributed by atoms with E-state index in [1.807, 2.05) is 0 Å². The van der Waals surface area contributed by atoms with Crippen molar-refractivity contribution in [1.29, 1.82) is 0 Å². The summed E-state index contributed by atoms with van der Waals surface area (Å²) in [7, 11) is -1.06. The maximum Gasteiger partial charge on any atom is -0.0123 e. The molecule has 0 spiro atoms. The molecule has 4 rings (SSSR count).